The summed E-state index contributed by atoms with van der Waals surface area (Å²) in [4.78, 5) is 2.57. The summed E-state index contributed by atoms with van der Waals surface area (Å²) >= 11 is 6.17. The van der Waals surface area contributed by atoms with Crippen LogP contribution in [0.5, 0.6) is 0 Å². The van der Waals surface area contributed by atoms with Crippen molar-refractivity contribution >= 4 is 11.6 Å². The first-order chi connectivity index (χ1) is 8.33. The average Bonchev–Trinajstić information content (AvgIpc) is 2.39. The molecule has 0 aliphatic carbocycles. The first-order valence-corrected chi connectivity index (χ1v) is 6.90. The normalized spacial score (nSPS) is 31.7. The Morgan fingerprint density at radius 1 is 1.24 bits per heavy atom. The third kappa shape index (κ3) is 2.49. The molecule has 1 N–H and O–H groups in total. The number of nitrogens with one attached hydrogen (secondary N) is 1. The van der Waals surface area contributed by atoms with E-state index in [-0.39, 0.29) is 0 Å². The Hall–Kier alpha value is -0.570. The molecular weight excluding hydrogens is 232 g/mol. The van der Waals surface area contributed by atoms with Crippen molar-refractivity contribution in [2.75, 3.05) is 19.6 Å². The van der Waals surface area contributed by atoms with E-state index < -0.39 is 0 Å². The standard InChI is InChI=1S/C14H19ClN2/c15-13-4-2-1-3-12(13)9-16-14-10-17-7-5-11(14)6-8-17/h1-4,11,14,16H,5-10H2/t14-/m1/s1. The monoisotopic (exact) mass is 250 g/mol. The molecule has 1 aromatic rings. The molecular formula is C14H19ClN2. The molecule has 0 spiro atoms. The van der Waals surface area contributed by atoms with Gasteiger partial charge in [-0.3, -0.25) is 0 Å². The van der Waals surface area contributed by atoms with Crippen LogP contribution in [0.15, 0.2) is 24.3 Å². The number of piperidine rings is 3. The van der Waals surface area contributed by atoms with Crippen molar-refractivity contribution in [2.24, 2.45) is 5.92 Å². The SMILES string of the molecule is Clc1ccccc1CN[C@@H]1CN2CCC1CC2. The highest BCUT2D eigenvalue weighted by Crippen LogP contribution is 2.27. The van der Waals surface area contributed by atoms with Crippen LogP contribution in [-0.4, -0.2) is 30.6 Å². The predicted octanol–water partition coefficient (Wildman–Crippen LogP) is 2.52. The number of benzene rings is 1. The fraction of sp³-hybridized carbons (Fsp3) is 0.571. The summed E-state index contributed by atoms with van der Waals surface area (Å²) in [6, 6.07) is 8.78. The van der Waals surface area contributed by atoms with E-state index in [2.05, 4.69) is 22.3 Å². The third-order valence-electron chi connectivity index (χ3n) is 4.17. The lowest BCUT2D eigenvalue weighted by Gasteiger charge is -2.45. The summed E-state index contributed by atoms with van der Waals surface area (Å²) < 4.78 is 0. The van der Waals surface area contributed by atoms with Gasteiger partial charge in [0.1, 0.15) is 0 Å². The fourth-order valence-corrected chi connectivity index (χ4v) is 3.28. The first-order valence-electron chi connectivity index (χ1n) is 6.52. The molecule has 1 atom stereocenters. The van der Waals surface area contributed by atoms with Crippen molar-refractivity contribution in [1.29, 1.82) is 0 Å². The van der Waals surface area contributed by atoms with E-state index >= 15 is 0 Å². The molecule has 2 bridgehead atoms. The van der Waals surface area contributed by atoms with Gasteiger partial charge in [0.05, 0.1) is 0 Å². The van der Waals surface area contributed by atoms with Crippen molar-refractivity contribution in [3.05, 3.63) is 34.9 Å². The number of halogens is 1. The van der Waals surface area contributed by atoms with Crippen molar-refractivity contribution < 1.29 is 0 Å². The number of hydrogen-bond acceptors (Lipinski definition) is 2. The van der Waals surface area contributed by atoms with Gasteiger partial charge in [-0.05, 0) is 43.5 Å². The predicted molar refractivity (Wildman–Crippen MR) is 71.2 cm³/mol. The Kier molecular flexibility index (Phi) is 3.37. The van der Waals surface area contributed by atoms with Gasteiger partial charge >= 0.3 is 0 Å². The van der Waals surface area contributed by atoms with E-state index in [1.54, 1.807) is 0 Å². The Morgan fingerprint density at radius 2 is 2.00 bits per heavy atom. The highest BCUT2D eigenvalue weighted by atomic mass is 35.5. The van der Waals surface area contributed by atoms with E-state index in [4.69, 9.17) is 11.6 Å². The molecule has 0 unspecified atom stereocenters. The van der Waals surface area contributed by atoms with Gasteiger partial charge < -0.3 is 10.2 Å². The van der Waals surface area contributed by atoms with Gasteiger partial charge in [-0.2, -0.15) is 0 Å². The number of hydrogen-bond donors (Lipinski definition) is 1. The Bertz CT molecular complexity index is 386. The molecule has 3 aliphatic heterocycles. The molecule has 3 heteroatoms. The lowest BCUT2D eigenvalue weighted by molar-refractivity contribution is 0.0720. The van der Waals surface area contributed by atoms with Crippen LogP contribution in [0.4, 0.5) is 0 Å². The molecule has 0 amide bonds. The minimum Gasteiger partial charge on any atom is -0.308 e. The maximum absolute atomic E-state index is 6.17. The van der Waals surface area contributed by atoms with E-state index in [0.717, 1.165) is 17.5 Å². The lowest BCUT2D eigenvalue weighted by atomic mass is 9.84. The van der Waals surface area contributed by atoms with E-state index in [1.807, 2.05) is 12.1 Å². The second-order valence-corrected chi connectivity index (χ2v) is 5.62. The highest BCUT2D eigenvalue weighted by molar-refractivity contribution is 6.31. The average molecular weight is 251 g/mol. The number of nitrogens with zero attached hydrogens (tertiary/aromatic N) is 1. The van der Waals surface area contributed by atoms with Crippen molar-refractivity contribution in [3.63, 3.8) is 0 Å². The molecule has 3 heterocycles. The molecule has 0 aromatic heterocycles. The third-order valence-corrected chi connectivity index (χ3v) is 4.54. The zero-order valence-corrected chi connectivity index (χ0v) is 10.8. The molecule has 1 aromatic carbocycles. The van der Waals surface area contributed by atoms with Crippen LogP contribution in [0.25, 0.3) is 0 Å². The molecule has 4 rings (SSSR count). The summed E-state index contributed by atoms with van der Waals surface area (Å²) in [5.41, 5.74) is 1.21. The van der Waals surface area contributed by atoms with Gasteiger partial charge in [0.25, 0.3) is 0 Å². The summed E-state index contributed by atoms with van der Waals surface area (Å²) in [7, 11) is 0. The van der Waals surface area contributed by atoms with Gasteiger partial charge in [-0.1, -0.05) is 29.8 Å². The largest absolute Gasteiger partial charge is 0.308 e. The van der Waals surface area contributed by atoms with Crippen LogP contribution >= 0.6 is 11.6 Å². The molecule has 0 saturated carbocycles. The summed E-state index contributed by atoms with van der Waals surface area (Å²) in [6.07, 6.45) is 2.72. The second kappa shape index (κ2) is 4.97. The molecule has 3 aliphatic rings. The molecule has 0 radical (unpaired) electrons. The van der Waals surface area contributed by atoms with E-state index in [1.165, 1.54) is 38.0 Å². The van der Waals surface area contributed by atoms with Gasteiger partial charge in [-0.25, -0.2) is 0 Å². The van der Waals surface area contributed by atoms with Gasteiger partial charge in [0.2, 0.25) is 0 Å². The van der Waals surface area contributed by atoms with Crippen LogP contribution in [0.1, 0.15) is 18.4 Å². The van der Waals surface area contributed by atoms with Crippen LogP contribution in [0.2, 0.25) is 5.02 Å². The minimum absolute atomic E-state index is 0.661. The number of fused-ring (bicyclic) bond motifs is 3. The summed E-state index contributed by atoms with van der Waals surface area (Å²) in [6.45, 7) is 4.72. The lowest BCUT2D eigenvalue weighted by Crippen LogP contribution is -2.55. The minimum atomic E-state index is 0.661. The Morgan fingerprint density at radius 3 is 2.65 bits per heavy atom. The Labute approximate surface area is 108 Å². The Balaban J connectivity index is 1.60. The summed E-state index contributed by atoms with van der Waals surface area (Å²) in [5.74, 6) is 0.877. The molecule has 3 saturated heterocycles. The highest BCUT2D eigenvalue weighted by Gasteiger charge is 2.33. The van der Waals surface area contributed by atoms with Gasteiger partial charge in [0.15, 0.2) is 0 Å². The molecule has 3 fully saturated rings. The van der Waals surface area contributed by atoms with E-state index in [0.29, 0.717) is 6.04 Å². The zero-order chi connectivity index (χ0) is 11.7. The second-order valence-electron chi connectivity index (χ2n) is 5.22. The van der Waals surface area contributed by atoms with Crippen molar-refractivity contribution in [1.82, 2.24) is 10.2 Å². The quantitative estimate of drug-likeness (QED) is 0.887. The summed E-state index contributed by atoms with van der Waals surface area (Å²) in [5, 5.41) is 4.56. The van der Waals surface area contributed by atoms with Gasteiger partial charge in [0, 0.05) is 24.2 Å². The smallest absolute Gasteiger partial charge is 0.0450 e. The fourth-order valence-electron chi connectivity index (χ4n) is 3.08. The van der Waals surface area contributed by atoms with E-state index in [9.17, 15) is 0 Å². The van der Waals surface area contributed by atoms with Gasteiger partial charge in [-0.15, -0.1) is 0 Å². The maximum atomic E-state index is 6.17. The van der Waals surface area contributed by atoms with Crippen LogP contribution < -0.4 is 5.32 Å². The number of rotatable bonds is 3. The molecule has 92 valence electrons. The zero-order valence-electron chi connectivity index (χ0n) is 10.0. The molecule has 2 nitrogen and oxygen atoms in total. The van der Waals surface area contributed by atoms with Crippen LogP contribution in [-0.2, 0) is 6.54 Å². The van der Waals surface area contributed by atoms with Crippen LogP contribution in [0, 0.1) is 5.92 Å². The van der Waals surface area contributed by atoms with Crippen LogP contribution in [0.3, 0.4) is 0 Å². The maximum Gasteiger partial charge on any atom is 0.0450 e. The molecule has 17 heavy (non-hydrogen) atoms. The van der Waals surface area contributed by atoms with Crippen molar-refractivity contribution in [2.45, 2.75) is 25.4 Å². The van der Waals surface area contributed by atoms with Crippen molar-refractivity contribution in [3.8, 4) is 0 Å². The first kappa shape index (κ1) is 11.5. The topological polar surface area (TPSA) is 15.3 Å².